The highest BCUT2D eigenvalue weighted by Gasteiger charge is 2.25. The van der Waals surface area contributed by atoms with Gasteiger partial charge < -0.3 is 10.7 Å². The van der Waals surface area contributed by atoms with Crippen molar-refractivity contribution < 1.29 is 0 Å². The van der Waals surface area contributed by atoms with Crippen molar-refractivity contribution in [3.63, 3.8) is 0 Å². The smallest absolute Gasteiger partial charge is 0.113 e. The van der Waals surface area contributed by atoms with Gasteiger partial charge in [0.15, 0.2) is 0 Å². The number of nitrogens with one attached hydrogen (secondary N) is 1. The number of imidazole rings is 1. The van der Waals surface area contributed by atoms with Crippen molar-refractivity contribution >= 4 is 0 Å². The summed E-state index contributed by atoms with van der Waals surface area (Å²) in [4.78, 5) is 7.92. The zero-order valence-electron chi connectivity index (χ0n) is 9.71. The van der Waals surface area contributed by atoms with E-state index in [1.807, 2.05) is 6.20 Å². The van der Waals surface area contributed by atoms with Crippen LogP contribution in [0.15, 0.2) is 6.20 Å². The summed E-state index contributed by atoms with van der Waals surface area (Å²) in [6.07, 6.45) is 7.34. The summed E-state index contributed by atoms with van der Waals surface area (Å²) in [7, 11) is 0. The van der Waals surface area contributed by atoms with E-state index in [2.05, 4.69) is 23.8 Å². The fraction of sp³-hybridized carbons (Fsp3) is 0.750. The summed E-state index contributed by atoms with van der Waals surface area (Å²) >= 11 is 0. The first-order valence-electron chi connectivity index (χ1n) is 5.89. The Morgan fingerprint density at radius 3 is 2.73 bits per heavy atom. The first-order valence-corrected chi connectivity index (χ1v) is 5.89. The maximum atomic E-state index is 5.74. The van der Waals surface area contributed by atoms with Crippen molar-refractivity contribution in [3.05, 3.63) is 17.7 Å². The average Bonchev–Trinajstić information content (AvgIpc) is 2.88. The maximum absolute atomic E-state index is 5.74. The zero-order chi connectivity index (χ0) is 10.9. The molecule has 3 N–H and O–H groups in total. The van der Waals surface area contributed by atoms with Gasteiger partial charge in [-0.2, -0.15) is 0 Å². The van der Waals surface area contributed by atoms with Gasteiger partial charge in [0.25, 0.3) is 0 Å². The average molecular weight is 207 g/mol. The number of aromatic nitrogens is 2. The predicted molar refractivity (Wildman–Crippen MR) is 61.9 cm³/mol. The molecule has 84 valence electrons. The van der Waals surface area contributed by atoms with Crippen molar-refractivity contribution in [1.29, 1.82) is 0 Å². The highest BCUT2D eigenvalue weighted by atomic mass is 14.9. The third kappa shape index (κ3) is 2.07. The Hall–Kier alpha value is -0.830. The van der Waals surface area contributed by atoms with Crippen LogP contribution in [0.3, 0.4) is 0 Å². The summed E-state index contributed by atoms with van der Waals surface area (Å²) < 4.78 is 0. The molecule has 2 rings (SSSR count). The highest BCUT2D eigenvalue weighted by molar-refractivity contribution is 5.14. The molecule has 0 radical (unpaired) electrons. The molecule has 0 unspecified atom stereocenters. The summed E-state index contributed by atoms with van der Waals surface area (Å²) in [5, 5.41) is 0. The Morgan fingerprint density at radius 1 is 1.47 bits per heavy atom. The van der Waals surface area contributed by atoms with E-state index < -0.39 is 0 Å². The van der Waals surface area contributed by atoms with Gasteiger partial charge in [0.1, 0.15) is 5.82 Å². The zero-order valence-corrected chi connectivity index (χ0v) is 9.71. The summed E-state index contributed by atoms with van der Waals surface area (Å²) in [5.41, 5.74) is 7.02. The quantitative estimate of drug-likeness (QED) is 0.799. The van der Waals surface area contributed by atoms with E-state index in [0.29, 0.717) is 12.5 Å². The van der Waals surface area contributed by atoms with Gasteiger partial charge in [0, 0.05) is 29.8 Å². The molecule has 3 nitrogen and oxygen atoms in total. The molecule has 0 aromatic carbocycles. The largest absolute Gasteiger partial charge is 0.345 e. The normalized spacial score (nSPS) is 18.6. The van der Waals surface area contributed by atoms with Gasteiger partial charge in [-0.25, -0.2) is 4.98 Å². The Balaban J connectivity index is 2.16. The molecule has 0 atom stereocenters. The van der Waals surface area contributed by atoms with Crippen LogP contribution < -0.4 is 5.73 Å². The Labute approximate surface area is 91.5 Å². The molecule has 0 saturated heterocycles. The van der Waals surface area contributed by atoms with E-state index in [0.717, 1.165) is 5.82 Å². The van der Waals surface area contributed by atoms with Crippen LogP contribution in [0.25, 0.3) is 0 Å². The van der Waals surface area contributed by atoms with Crippen molar-refractivity contribution in [3.8, 4) is 0 Å². The van der Waals surface area contributed by atoms with Gasteiger partial charge >= 0.3 is 0 Å². The molecule has 1 aliphatic carbocycles. The Morgan fingerprint density at radius 2 is 2.13 bits per heavy atom. The van der Waals surface area contributed by atoms with E-state index in [4.69, 9.17) is 5.73 Å². The Kier molecular flexibility index (Phi) is 2.83. The number of nitrogens with two attached hydrogens (primary N) is 1. The second kappa shape index (κ2) is 3.97. The first-order chi connectivity index (χ1) is 7.13. The monoisotopic (exact) mass is 207 g/mol. The number of hydrogen-bond acceptors (Lipinski definition) is 2. The standard InChI is InChI=1S/C12H21N3/c1-12(2,8-13)11-14-7-10(15-11)9-5-3-4-6-9/h7,9H,3-6,8,13H2,1-2H3,(H,14,15). The second-order valence-corrected chi connectivity index (χ2v) is 5.26. The number of rotatable bonds is 3. The lowest BCUT2D eigenvalue weighted by Gasteiger charge is -2.19. The summed E-state index contributed by atoms with van der Waals surface area (Å²) in [6, 6.07) is 0. The van der Waals surface area contributed by atoms with Crippen LogP contribution in [0.4, 0.5) is 0 Å². The summed E-state index contributed by atoms with van der Waals surface area (Å²) in [5.74, 6) is 1.74. The molecule has 0 bridgehead atoms. The van der Waals surface area contributed by atoms with Crippen molar-refractivity contribution in [1.82, 2.24) is 9.97 Å². The lowest BCUT2D eigenvalue weighted by molar-refractivity contribution is 0.505. The van der Waals surface area contributed by atoms with Crippen LogP contribution in [-0.4, -0.2) is 16.5 Å². The number of aromatic amines is 1. The van der Waals surface area contributed by atoms with Gasteiger partial charge in [0.05, 0.1) is 0 Å². The molecule has 1 aromatic rings. The number of H-pyrrole nitrogens is 1. The molecule has 3 heteroatoms. The van der Waals surface area contributed by atoms with Crippen LogP contribution in [0.5, 0.6) is 0 Å². The highest BCUT2D eigenvalue weighted by Crippen LogP contribution is 2.33. The molecule has 0 aliphatic heterocycles. The molecule has 1 fully saturated rings. The Bertz CT molecular complexity index is 321. The topological polar surface area (TPSA) is 54.7 Å². The van der Waals surface area contributed by atoms with Crippen LogP contribution >= 0.6 is 0 Å². The van der Waals surface area contributed by atoms with Crippen LogP contribution in [0.1, 0.15) is 57.0 Å². The lowest BCUT2D eigenvalue weighted by Crippen LogP contribution is -2.29. The first kappa shape index (κ1) is 10.7. The van der Waals surface area contributed by atoms with Gasteiger partial charge in [-0.15, -0.1) is 0 Å². The van der Waals surface area contributed by atoms with Gasteiger partial charge in [-0.05, 0) is 12.8 Å². The van der Waals surface area contributed by atoms with E-state index in [9.17, 15) is 0 Å². The van der Waals surface area contributed by atoms with E-state index in [1.54, 1.807) is 0 Å². The third-order valence-corrected chi connectivity index (χ3v) is 3.54. The third-order valence-electron chi connectivity index (χ3n) is 3.54. The van der Waals surface area contributed by atoms with Crippen molar-refractivity contribution in [2.24, 2.45) is 5.73 Å². The van der Waals surface area contributed by atoms with E-state index in [1.165, 1.54) is 31.4 Å². The maximum Gasteiger partial charge on any atom is 0.113 e. The molecule has 1 heterocycles. The number of nitrogens with zero attached hydrogens (tertiary/aromatic N) is 1. The van der Waals surface area contributed by atoms with Gasteiger partial charge in [0.2, 0.25) is 0 Å². The minimum absolute atomic E-state index is 0.0309. The predicted octanol–water partition coefficient (Wildman–Crippen LogP) is 2.30. The fourth-order valence-electron chi connectivity index (χ4n) is 2.22. The molecular weight excluding hydrogens is 186 g/mol. The molecule has 0 amide bonds. The van der Waals surface area contributed by atoms with Crippen LogP contribution in [-0.2, 0) is 5.41 Å². The number of hydrogen-bond donors (Lipinski definition) is 2. The molecular formula is C12H21N3. The second-order valence-electron chi connectivity index (χ2n) is 5.26. The molecule has 1 aromatic heterocycles. The SMILES string of the molecule is CC(C)(CN)c1ncc(C2CCCC2)[nH]1. The fourth-order valence-corrected chi connectivity index (χ4v) is 2.22. The van der Waals surface area contributed by atoms with Crippen molar-refractivity contribution in [2.45, 2.75) is 50.9 Å². The molecule has 1 saturated carbocycles. The van der Waals surface area contributed by atoms with Crippen LogP contribution in [0.2, 0.25) is 0 Å². The molecule has 1 aliphatic rings. The van der Waals surface area contributed by atoms with Gasteiger partial charge in [-0.3, -0.25) is 0 Å². The lowest BCUT2D eigenvalue weighted by atomic mass is 9.93. The van der Waals surface area contributed by atoms with E-state index >= 15 is 0 Å². The van der Waals surface area contributed by atoms with Gasteiger partial charge in [-0.1, -0.05) is 26.7 Å². The molecule has 0 spiro atoms. The minimum Gasteiger partial charge on any atom is -0.345 e. The molecule has 15 heavy (non-hydrogen) atoms. The summed E-state index contributed by atoms with van der Waals surface area (Å²) in [6.45, 7) is 4.89. The van der Waals surface area contributed by atoms with Crippen LogP contribution in [0, 0.1) is 0 Å². The minimum atomic E-state index is -0.0309. The van der Waals surface area contributed by atoms with E-state index in [-0.39, 0.29) is 5.41 Å². The van der Waals surface area contributed by atoms with Crippen molar-refractivity contribution in [2.75, 3.05) is 6.54 Å².